The second-order valence-corrected chi connectivity index (χ2v) is 5.90. The quantitative estimate of drug-likeness (QED) is 0.168. The summed E-state index contributed by atoms with van der Waals surface area (Å²) in [7, 11) is 0. The van der Waals surface area contributed by atoms with Gasteiger partial charge >= 0.3 is 6.03 Å². The van der Waals surface area contributed by atoms with E-state index in [1.807, 2.05) is 25.5 Å². The molecule has 0 aliphatic carbocycles. The Bertz CT molecular complexity index is 629. The summed E-state index contributed by atoms with van der Waals surface area (Å²) >= 11 is 0. The van der Waals surface area contributed by atoms with Gasteiger partial charge in [0.1, 0.15) is 0 Å². The largest absolute Gasteiger partial charge is 0.357 e. The topological polar surface area (TPSA) is 104 Å². The lowest BCUT2D eigenvalue weighted by atomic mass is 10.4. The lowest BCUT2D eigenvalue weighted by molar-refractivity contribution is -0.124. The van der Waals surface area contributed by atoms with E-state index in [4.69, 9.17) is 0 Å². The van der Waals surface area contributed by atoms with E-state index in [2.05, 4.69) is 32.1 Å². The van der Waals surface area contributed by atoms with Gasteiger partial charge in [0.2, 0.25) is 5.91 Å². The summed E-state index contributed by atoms with van der Waals surface area (Å²) in [5.74, 6) is 0.488. The molecule has 0 aromatic carbocycles. The predicted octanol–water partition coefficient (Wildman–Crippen LogP) is 0.615. The van der Waals surface area contributed by atoms with Crippen LogP contribution in [0.15, 0.2) is 11.1 Å². The van der Waals surface area contributed by atoms with Gasteiger partial charge in [0, 0.05) is 38.4 Å². The first-order valence-corrected chi connectivity index (χ1v) is 8.62. The standard InChI is InChI=1S/C16H27N7O2.HI/c1-4-17-15(19-7-9-22-14(24)11-20-16(22)25)18-6-5-8-23-13(3)10-12(2)21-23;/h10H,4-9,11H2,1-3H3,(H,20,25)(H2,17,18,19);1H. The van der Waals surface area contributed by atoms with Crippen molar-refractivity contribution in [2.75, 3.05) is 32.7 Å². The van der Waals surface area contributed by atoms with Crippen LogP contribution >= 0.6 is 24.0 Å². The van der Waals surface area contributed by atoms with E-state index in [0.29, 0.717) is 25.6 Å². The number of aryl methyl sites for hydroxylation is 3. The number of nitrogens with one attached hydrogen (secondary N) is 3. The van der Waals surface area contributed by atoms with E-state index in [-0.39, 0.29) is 42.5 Å². The Hall–Kier alpha value is -1.85. The number of aliphatic imine (C=N–C) groups is 1. The fourth-order valence-corrected chi connectivity index (χ4v) is 2.62. The second kappa shape index (κ2) is 11.0. The van der Waals surface area contributed by atoms with Crippen LogP contribution in [-0.4, -0.2) is 65.3 Å². The molecule has 0 spiro atoms. The second-order valence-electron chi connectivity index (χ2n) is 5.90. The van der Waals surface area contributed by atoms with Crippen molar-refractivity contribution in [1.82, 2.24) is 30.6 Å². The molecule has 0 atom stereocenters. The van der Waals surface area contributed by atoms with Gasteiger partial charge in [-0.2, -0.15) is 5.10 Å². The molecule has 0 unspecified atom stereocenters. The third-order valence-electron chi connectivity index (χ3n) is 3.81. The first-order valence-electron chi connectivity index (χ1n) is 8.62. The molecule has 1 saturated heterocycles. The smallest absolute Gasteiger partial charge is 0.324 e. The molecular weight excluding hydrogens is 449 g/mol. The molecular formula is C16H28IN7O2. The van der Waals surface area contributed by atoms with E-state index in [1.54, 1.807) is 0 Å². The summed E-state index contributed by atoms with van der Waals surface area (Å²) in [4.78, 5) is 28.7. The lowest BCUT2D eigenvalue weighted by Crippen LogP contribution is -2.43. The number of urea groups is 1. The number of nitrogens with zero attached hydrogens (tertiary/aromatic N) is 4. The van der Waals surface area contributed by atoms with Crippen LogP contribution in [0, 0.1) is 13.8 Å². The molecule has 1 aliphatic heterocycles. The first-order chi connectivity index (χ1) is 12.0. The van der Waals surface area contributed by atoms with Gasteiger partial charge < -0.3 is 16.0 Å². The number of hydrogen-bond acceptors (Lipinski definition) is 4. The van der Waals surface area contributed by atoms with E-state index in [1.165, 1.54) is 4.90 Å². The number of guanidine groups is 1. The van der Waals surface area contributed by atoms with Crippen LogP contribution in [0.2, 0.25) is 0 Å². The van der Waals surface area contributed by atoms with Gasteiger partial charge in [-0.05, 0) is 33.3 Å². The summed E-state index contributed by atoms with van der Waals surface area (Å²) in [6.45, 7) is 9.12. The maximum Gasteiger partial charge on any atom is 0.324 e. The normalized spacial score (nSPS) is 14.3. The molecule has 3 N–H and O–H groups in total. The SMILES string of the molecule is CCNC(=NCCCn1nc(C)cc1C)NCCN1C(=O)CNC1=O.I. The van der Waals surface area contributed by atoms with Crippen LogP contribution in [0.3, 0.4) is 0 Å². The zero-order chi connectivity index (χ0) is 18.2. The Morgan fingerprint density at radius 2 is 2.08 bits per heavy atom. The molecule has 1 aromatic heterocycles. The molecule has 0 saturated carbocycles. The van der Waals surface area contributed by atoms with Crippen molar-refractivity contribution in [2.45, 2.75) is 33.7 Å². The molecule has 1 fully saturated rings. The number of imide groups is 1. The Kier molecular flexibility index (Phi) is 9.38. The summed E-state index contributed by atoms with van der Waals surface area (Å²) in [5.41, 5.74) is 2.18. The molecule has 0 bridgehead atoms. The molecule has 10 heteroatoms. The number of aromatic nitrogens is 2. The highest BCUT2D eigenvalue weighted by Crippen LogP contribution is 2.02. The minimum atomic E-state index is -0.335. The molecule has 0 radical (unpaired) electrons. The van der Waals surface area contributed by atoms with Gasteiger partial charge in [-0.15, -0.1) is 24.0 Å². The fourth-order valence-electron chi connectivity index (χ4n) is 2.62. The first kappa shape index (κ1) is 22.2. The summed E-state index contributed by atoms with van der Waals surface area (Å²) in [6, 6.07) is 1.73. The molecule has 1 aliphatic rings. The third kappa shape index (κ3) is 6.46. The number of carbonyl (C=O) groups is 2. The zero-order valence-corrected chi connectivity index (χ0v) is 17.9. The Balaban J connectivity index is 0.00000338. The summed E-state index contributed by atoms with van der Waals surface area (Å²) in [6.07, 6.45) is 0.881. The van der Waals surface area contributed by atoms with Crippen LogP contribution in [-0.2, 0) is 11.3 Å². The summed E-state index contributed by atoms with van der Waals surface area (Å²) in [5, 5.41) is 13.2. The van der Waals surface area contributed by atoms with Crippen molar-refractivity contribution in [3.63, 3.8) is 0 Å². The third-order valence-corrected chi connectivity index (χ3v) is 3.81. The monoisotopic (exact) mass is 477 g/mol. The van der Waals surface area contributed by atoms with E-state index < -0.39 is 0 Å². The highest BCUT2D eigenvalue weighted by atomic mass is 127. The van der Waals surface area contributed by atoms with E-state index in [9.17, 15) is 9.59 Å². The molecule has 3 amide bonds. The van der Waals surface area contributed by atoms with Crippen molar-refractivity contribution in [2.24, 2.45) is 4.99 Å². The van der Waals surface area contributed by atoms with Gasteiger partial charge in [0.05, 0.1) is 12.2 Å². The average Bonchev–Trinajstić information content (AvgIpc) is 3.06. The molecule has 146 valence electrons. The number of amides is 3. The van der Waals surface area contributed by atoms with Gasteiger partial charge in [0.15, 0.2) is 5.96 Å². The predicted molar refractivity (Wildman–Crippen MR) is 111 cm³/mol. The van der Waals surface area contributed by atoms with Gasteiger partial charge in [-0.1, -0.05) is 0 Å². The van der Waals surface area contributed by atoms with Crippen LogP contribution < -0.4 is 16.0 Å². The Labute approximate surface area is 171 Å². The number of hydrogen-bond donors (Lipinski definition) is 3. The van der Waals surface area contributed by atoms with Crippen LogP contribution in [0.1, 0.15) is 24.7 Å². The van der Waals surface area contributed by atoms with Crippen molar-refractivity contribution >= 4 is 41.9 Å². The average molecular weight is 477 g/mol. The number of rotatable bonds is 8. The minimum absolute atomic E-state index is 0. The maximum atomic E-state index is 11.5. The van der Waals surface area contributed by atoms with Gasteiger partial charge in [-0.25, -0.2) is 4.79 Å². The highest BCUT2D eigenvalue weighted by Gasteiger charge is 2.27. The zero-order valence-electron chi connectivity index (χ0n) is 15.5. The van der Waals surface area contributed by atoms with Crippen molar-refractivity contribution in [3.8, 4) is 0 Å². The van der Waals surface area contributed by atoms with Crippen LogP contribution in [0.5, 0.6) is 0 Å². The molecule has 9 nitrogen and oxygen atoms in total. The van der Waals surface area contributed by atoms with Crippen LogP contribution in [0.25, 0.3) is 0 Å². The lowest BCUT2D eigenvalue weighted by Gasteiger charge is -2.15. The van der Waals surface area contributed by atoms with E-state index >= 15 is 0 Å². The van der Waals surface area contributed by atoms with Crippen molar-refractivity contribution < 1.29 is 9.59 Å². The van der Waals surface area contributed by atoms with E-state index in [0.717, 1.165) is 30.9 Å². The maximum absolute atomic E-state index is 11.5. The fraction of sp³-hybridized carbons (Fsp3) is 0.625. The molecule has 1 aromatic rings. The van der Waals surface area contributed by atoms with Crippen molar-refractivity contribution in [1.29, 1.82) is 0 Å². The minimum Gasteiger partial charge on any atom is -0.357 e. The number of halogens is 1. The Morgan fingerprint density at radius 3 is 2.65 bits per heavy atom. The molecule has 26 heavy (non-hydrogen) atoms. The highest BCUT2D eigenvalue weighted by molar-refractivity contribution is 14.0. The molecule has 2 heterocycles. The number of carbonyl (C=O) groups excluding carboxylic acids is 2. The van der Waals surface area contributed by atoms with Crippen LogP contribution in [0.4, 0.5) is 4.79 Å². The van der Waals surface area contributed by atoms with Gasteiger partial charge in [-0.3, -0.25) is 19.4 Å². The van der Waals surface area contributed by atoms with Gasteiger partial charge in [0.25, 0.3) is 0 Å². The van der Waals surface area contributed by atoms with Crippen molar-refractivity contribution in [3.05, 3.63) is 17.5 Å². The molecule has 2 rings (SSSR count). The summed E-state index contributed by atoms with van der Waals surface area (Å²) < 4.78 is 1.99. The Morgan fingerprint density at radius 1 is 1.31 bits per heavy atom.